The summed E-state index contributed by atoms with van der Waals surface area (Å²) < 4.78 is 0. The minimum Gasteiger partial charge on any atom is -0.378 e. The predicted octanol–water partition coefficient (Wildman–Crippen LogP) is 5.84. The van der Waals surface area contributed by atoms with Crippen molar-refractivity contribution in [3.63, 3.8) is 0 Å². The van der Waals surface area contributed by atoms with Crippen molar-refractivity contribution in [3.05, 3.63) is 99.1 Å². The Morgan fingerprint density at radius 3 is 2.53 bits per heavy atom. The molecule has 1 heterocycles. The van der Waals surface area contributed by atoms with Crippen LogP contribution in [0.5, 0.6) is 0 Å². The predicted molar refractivity (Wildman–Crippen MR) is 118 cm³/mol. The van der Waals surface area contributed by atoms with Crippen LogP contribution in [-0.4, -0.2) is 16.9 Å². The van der Waals surface area contributed by atoms with Gasteiger partial charge in [0.25, 0.3) is 11.6 Å². The van der Waals surface area contributed by atoms with Crippen molar-refractivity contribution in [1.29, 1.82) is 0 Å². The number of fused-ring (bicyclic) bond motifs is 1. The first-order valence-electron chi connectivity index (χ1n) is 9.63. The number of halogens is 1. The minimum atomic E-state index is -0.577. The van der Waals surface area contributed by atoms with Crippen LogP contribution in [-0.2, 0) is 0 Å². The molecule has 3 aromatic carbocycles. The van der Waals surface area contributed by atoms with Crippen molar-refractivity contribution >= 4 is 34.6 Å². The van der Waals surface area contributed by atoms with Gasteiger partial charge in [-0.2, -0.15) is 0 Å². The Morgan fingerprint density at radius 1 is 1.10 bits per heavy atom. The molecular formula is C23H20ClN3O3. The number of carbonyl (C=O) groups excluding carboxylic acids is 1. The molecule has 0 unspecified atom stereocenters. The molecule has 1 aliphatic heterocycles. The number of para-hydroxylation sites is 2. The normalized spacial score (nSPS) is 17.9. The second kappa shape index (κ2) is 8.16. The van der Waals surface area contributed by atoms with Crippen molar-refractivity contribution in [1.82, 2.24) is 0 Å². The highest BCUT2D eigenvalue weighted by atomic mass is 35.5. The van der Waals surface area contributed by atoms with Crippen molar-refractivity contribution in [2.75, 3.05) is 10.2 Å². The van der Waals surface area contributed by atoms with E-state index in [2.05, 4.69) is 5.32 Å². The van der Waals surface area contributed by atoms with Crippen LogP contribution in [0.2, 0.25) is 5.02 Å². The van der Waals surface area contributed by atoms with E-state index in [0.29, 0.717) is 6.42 Å². The largest absolute Gasteiger partial charge is 0.378 e. The van der Waals surface area contributed by atoms with Gasteiger partial charge in [-0.25, -0.2) is 0 Å². The van der Waals surface area contributed by atoms with Gasteiger partial charge in [0, 0.05) is 29.0 Å². The second-order valence-corrected chi connectivity index (χ2v) is 7.71. The zero-order valence-electron chi connectivity index (χ0n) is 16.3. The number of nitrogens with one attached hydrogen (secondary N) is 1. The Morgan fingerprint density at radius 2 is 1.80 bits per heavy atom. The first kappa shape index (κ1) is 19.9. The molecule has 4 rings (SSSR count). The summed E-state index contributed by atoms with van der Waals surface area (Å²) in [4.78, 5) is 25.7. The fourth-order valence-corrected chi connectivity index (χ4v) is 4.11. The SMILES string of the molecule is C[C@@H]1C[C@@H](Nc2ccccc2)c2ccccc2N1C(=O)c1ccc(Cl)c([N+](=O)[O-])c1. The van der Waals surface area contributed by atoms with Crippen LogP contribution in [0.3, 0.4) is 0 Å². The number of nitro benzene ring substituents is 1. The van der Waals surface area contributed by atoms with Crippen LogP contribution in [0.1, 0.15) is 35.3 Å². The lowest BCUT2D eigenvalue weighted by Gasteiger charge is -2.40. The summed E-state index contributed by atoms with van der Waals surface area (Å²) in [5.41, 5.74) is 2.78. The highest BCUT2D eigenvalue weighted by Crippen LogP contribution is 2.40. The lowest BCUT2D eigenvalue weighted by atomic mass is 9.90. The number of benzene rings is 3. The number of hydrogen-bond acceptors (Lipinski definition) is 4. The number of anilines is 2. The van der Waals surface area contributed by atoms with E-state index in [1.807, 2.05) is 61.5 Å². The summed E-state index contributed by atoms with van der Waals surface area (Å²) >= 11 is 5.91. The van der Waals surface area contributed by atoms with E-state index >= 15 is 0 Å². The molecule has 6 nitrogen and oxygen atoms in total. The first-order chi connectivity index (χ1) is 14.5. The van der Waals surface area contributed by atoms with E-state index in [-0.39, 0.29) is 34.3 Å². The smallest absolute Gasteiger partial charge is 0.288 e. The molecule has 0 saturated heterocycles. The van der Waals surface area contributed by atoms with Gasteiger partial charge >= 0.3 is 0 Å². The fraction of sp³-hybridized carbons (Fsp3) is 0.174. The van der Waals surface area contributed by atoms with Crippen molar-refractivity contribution in [3.8, 4) is 0 Å². The molecule has 1 aliphatic rings. The molecule has 0 radical (unpaired) electrons. The average molecular weight is 422 g/mol. The van der Waals surface area contributed by atoms with Crippen molar-refractivity contribution in [2.24, 2.45) is 0 Å². The lowest BCUT2D eigenvalue weighted by Crippen LogP contribution is -2.44. The van der Waals surface area contributed by atoms with E-state index in [1.165, 1.54) is 18.2 Å². The topological polar surface area (TPSA) is 75.5 Å². The van der Waals surface area contributed by atoms with Gasteiger partial charge in [-0.3, -0.25) is 14.9 Å². The standard InChI is InChI=1S/C23H20ClN3O3/c1-15-13-20(25-17-7-3-2-4-8-17)18-9-5-6-10-21(18)26(15)23(28)16-11-12-19(24)22(14-16)27(29)30/h2-12,14-15,20,25H,13H2,1H3/t15-,20-/m1/s1. The minimum absolute atomic E-state index is 0.00997. The maximum absolute atomic E-state index is 13.4. The zero-order valence-corrected chi connectivity index (χ0v) is 17.0. The monoisotopic (exact) mass is 421 g/mol. The van der Waals surface area contributed by atoms with Gasteiger partial charge in [-0.05, 0) is 49.2 Å². The summed E-state index contributed by atoms with van der Waals surface area (Å²) in [6, 6.07) is 21.8. The number of rotatable bonds is 4. The number of carbonyl (C=O) groups is 1. The molecule has 0 spiro atoms. The Balaban J connectivity index is 1.70. The summed E-state index contributed by atoms with van der Waals surface area (Å²) in [5, 5.41) is 14.8. The fourth-order valence-electron chi connectivity index (χ4n) is 3.92. The number of nitro groups is 1. The summed E-state index contributed by atoms with van der Waals surface area (Å²) in [7, 11) is 0. The first-order valence-corrected chi connectivity index (χ1v) is 10.0. The Kier molecular flexibility index (Phi) is 5.42. The molecule has 0 bridgehead atoms. The van der Waals surface area contributed by atoms with Gasteiger partial charge in [0.15, 0.2) is 0 Å². The summed E-state index contributed by atoms with van der Waals surface area (Å²) in [6.07, 6.45) is 0.702. The van der Waals surface area contributed by atoms with Gasteiger partial charge in [-0.1, -0.05) is 48.0 Å². The van der Waals surface area contributed by atoms with Crippen molar-refractivity contribution < 1.29 is 9.72 Å². The molecule has 0 aromatic heterocycles. The molecule has 1 N–H and O–H groups in total. The Bertz CT molecular complexity index is 1100. The van der Waals surface area contributed by atoms with E-state index in [4.69, 9.17) is 11.6 Å². The third-order valence-corrected chi connectivity index (χ3v) is 5.63. The molecule has 2 atom stereocenters. The van der Waals surface area contributed by atoms with Crippen LogP contribution >= 0.6 is 11.6 Å². The van der Waals surface area contributed by atoms with Crippen LogP contribution in [0.15, 0.2) is 72.8 Å². The quantitative estimate of drug-likeness (QED) is 0.424. The van der Waals surface area contributed by atoms with Crippen molar-refractivity contribution in [2.45, 2.75) is 25.4 Å². The summed E-state index contributed by atoms with van der Waals surface area (Å²) in [5.74, 6) is -0.284. The molecule has 0 saturated carbocycles. The van der Waals surface area contributed by atoms with E-state index < -0.39 is 4.92 Å². The lowest BCUT2D eigenvalue weighted by molar-refractivity contribution is -0.384. The van der Waals surface area contributed by atoms with Crippen LogP contribution in [0.4, 0.5) is 17.1 Å². The van der Waals surface area contributed by atoms with E-state index in [1.54, 1.807) is 4.90 Å². The third kappa shape index (κ3) is 3.74. The molecule has 7 heteroatoms. The highest BCUT2D eigenvalue weighted by Gasteiger charge is 2.34. The third-order valence-electron chi connectivity index (χ3n) is 5.31. The highest BCUT2D eigenvalue weighted by molar-refractivity contribution is 6.32. The van der Waals surface area contributed by atoms with Gasteiger partial charge in [0.1, 0.15) is 5.02 Å². The maximum atomic E-state index is 13.4. The molecule has 0 fully saturated rings. The molecule has 152 valence electrons. The summed E-state index contributed by atoms with van der Waals surface area (Å²) in [6.45, 7) is 1.98. The molecular weight excluding hydrogens is 402 g/mol. The van der Waals surface area contributed by atoms with Gasteiger partial charge in [0.2, 0.25) is 0 Å². The van der Waals surface area contributed by atoms with E-state index in [0.717, 1.165) is 16.9 Å². The molecule has 0 aliphatic carbocycles. The molecule has 1 amide bonds. The van der Waals surface area contributed by atoms with Crippen LogP contribution < -0.4 is 10.2 Å². The van der Waals surface area contributed by atoms with Crippen LogP contribution in [0, 0.1) is 10.1 Å². The number of hydrogen-bond donors (Lipinski definition) is 1. The van der Waals surface area contributed by atoms with Gasteiger partial charge in [0.05, 0.1) is 11.0 Å². The van der Waals surface area contributed by atoms with Gasteiger partial charge < -0.3 is 10.2 Å². The van der Waals surface area contributed by atoms with E-state index in [9.17, 15) is 14.9 Å². The molecule has 30 heavy (non-hydrogen) atoms. The number of nitrogens with zero attached hydrogens (tertiary/aromatic N) is 2. The van der Waals surface area contributed by atoms with Crippen LogP contribution in [0.25, 0.3) is 0 Å². The van der Waals surface area contributed by atoms with Gasteiger partial charge in [-0.15, -0.1) is 0 Å². The second-order valence-electron chi connectivity index (χ2n) is 7.30. The Labute approximate surface area is 179 Å². The Hall–Kier alpha value is -3.38. The average Bonchev–Trinajstić information content (AvgIpc) is 2.74. The molecule has 3 aromatic rings. The number of amides is 1. The zero-order chi connectivity index (χ0) is 21.3. The maximum Gasteiger partial charge on any atom is 0.288 e.